The number of carboxylic acid groups (broad SMARTS) is 1. The molecule has 2 unspecified atom stereocenters. The Bertz CT molecular complexity index is 734. The molecule has 6 nitrogen and oxygen atoms in total. The van der Waals surface area contributed by atoms with Gasteiger partial charge in [-0.15, -0.1) is 0 Å². The SMILES string of the molecule is C=C(N=C(/C=C\C)OC1CNCCOC1c1ccc(Cl)c(Cl)c1)C(=O)O. The number of hydrogen-bond donors (Lipinski definition) is 2. The van der Waals surface area contributed by atoms with Gasteiger partial charge in [-0.1, -0.05) is 41.9 Å². The van der Waals surface area contributed by atoms with Gasteiger partial charge in [0.15, 0.2) is 0 Å². The number of hydrogen-bond acceptors (Lipinski definition) is 5. The molecule has 1 aliphatic rings. The maximum atomic E-state index is 11.0. The van der Waals surface area contributed by atoms with Crippen LogP contribution in [0.3, 0.4) is 0 Å². The highest BCUT2D eigenvalue weighted by Crippen LogP contribution is 2.30. The predicted molar refractivity (Wildman–Crippen MR) is 102 cm³/mol. The third-order valence-corrected chi connectivity index (χ3v) is 4.34. The lowest BCUT2D eigenvalue weighted by Gasteiger charge is -2.26. The fourth-order valence-corrected chi connectivity index (χ4v) is 2.71. The van der Waals surface area contributed by atoms with Crippen LogP contribution in [0, 0.1) is 0 Å². The molecule has 1 aromatic rings. The Balaban J connectivity index is 2.30. The maximum absolute atomic E-state index is 11.0. The molecule has 140 valence electrons. The summed E-state index contributed by atoms with van der Waals surface area (Å²) in [4.78, 5) is 14.9. The molecule has 1 fully saturated rings. The molecule has 26 heavy (non-hydrogen) atoms. The molecule has 0 spiro atoms. The van der Waals surface area contributed by atoms with E-state index in [9.17, 15) is 4.79 Å². The normalized spacial score (nSPS) is 21.4. The Morgan fingerprint density at radius 1 is 1.46 bits per heavy atom. The van der Waals surface area contributed by atoms with Gasteiger partial charge in [-0.05, 0) is 30.7 Å². The fourth-order valence-electron chi connectivity index (χ4n) is 2.40. The van der Waals surface area contributed by atoms with Gasteiger partial charge in [-0.25, -0.2) is 9.79 Å². The molecule has 2 N–H and O–H groups in total. The summed E-state index contributed by atoms with van der Waals surface area (Å²) >= 11 is 12.1. The smallest absolute Gasteiger partial charge is 0.354 e. The second-order valence-electron chi connectivity index (χ2n) is 5.53. The van der Waals surface area contributed by atoms with Gasteiger partial charge in [-0.2, -0.15) is 0 Å². The number of aliphatic imine (C=N–C) groups is 1. The molecule has 2 atom stereocenters. The predicted octanol–water partition coefficient (Wildman–Crippen LogP) is 3.61. The molecule has 0 aliphatic carbocycles. The Labute approximate surface area is 162 Å². The van der Waals surface area contributed by atoms with Gasteiger partial charge in [0.05, 0.1) is 16.7 Å². The van der Waals surface area contributed by atoms with Crippen LogP contribution in [0.4, 0.5) is 0 Å². The van der Waals surface area contributed by atoms with Crippen LogP contribution >= 0.6 is 23.2 Å². The van der Waals surface area contributed by atoms with Crippen LogP contribution in [0.25, 0.3) is 0 Å². The average molecular weight is 399 g/mol. The summed E-state index contributed by atoms with van der Waals surface area (Å²) in [7, 11) is 0. The fraction of sp³-hybridized carbons (Fsp3) is 0.333. The lowest BCUT2D eigenvalue weighted by Crippen LogP contribution is -2.33. The van der Waals surface area contributed by atoms with E-state index in [-0.39, 0.29) is 11.6 Å². The van der Waals surface area contributed by atoms with E-state index in [1.54, 1.807) is 31.2 Å². The number of nitrogens with one attached hydrogen (secondary N) is 1. The van der Waals surface area contributed by atoms with Crippen LogP contribution in [-0.2, 0) is 14.3 Å². The van der Waals surface area contributed by atoms with Crippen molar-refractivity contribution in [1.82, 2.24) is 5.32 Å². The number of allylic oxidation sites excluding steroid dienone is 1. The third-order valence-electron chi connectivity index (χ3n) is 3.61. The van der Waals surface area contributed by atoms with Crippen molar-refractivity contribution in [1.29, 1.82) is 0 Å². The molecule has 0 radical (unpaired) electrons. The Morgan fingerprint density at radius 2 is 2.23 bits per heavy atom. The second kappa shape index (κ2) is 9.73. The summed E-state index contributed by atoms with van der Waals surface area (Å²) in [6.45, 7) is 6.82. The highest BCUT2D eigenvalue weighted by molar-refractivity contribution is 6.42. The van der Waals surface area contributed by atoms with E-state index in [1.807, 2.05) is 6.07 Å². The van der Waals surface area contributed by atoms with Crippen molar-refractivity contribution in [2.45, 2.75) is 19.1 Å². The quantitative estimate of drug-likeness (QED) is 0.449. The first kappa shape index (κ1) is 20.5. The maximum Gasteiger partial charge on any atom is 0.354 e. The van der Waals surface area contributed by atoms with Gasteiger partial charge >= 0.3 is 5.97 Å². The van der Waals surface area contributed by atoms with Crippen LogP contribution in [0.15, 0.2) is 47.6 Å². The standard InChI is InChI=1S/C18H20Cl2N2O4/c1-3-4-16(22-11(2)18(23)24)26-15-10-21-7-8-25-17(15)12-5-6-13(19)14(20)9-12/h3-6,9,15,17,21H,2,7-8,10H2,1H3,(H,23,24)/b4-3-,22-16?. The molecule has 1 heterocycles. The van der Waals surface area contributed by atoms with Crippen molar-refractivity contribution in [2.24, 2.45) is 4.99 Å². The number of ether oxygens (including phenoxy) is 2. The first-order valence-corrected chi connectivity index (χ1v) is 8.75. The van der Waals surface area contributed by atoms with E-state index in [2.05, 4.69) is 16.9 Å². The van der Waals surface area contributed by atoms with E-state index in [0.717, 1.165) is 5.56 Å². The zero-order chi connectivity index (χ0) is 19.1. The van der Waals surface area contributed by atoms with E-state index in [4.69, 9.17) is 37.8 Å². The molecule has 0 amide bonds. The molecular formula is C18H20Cl2N2O4. The van der Waals surface area contributed by atoms with Crippen molar-refractivity contribution in [3.05, 3.63) is 58.2 Å². The van der Waals surface area contributed by atoms with Crippen LogP contribution in [0.5, 0.6) is 0 Å². The van der Waals surface area contributed by atoms with Gasteiger partial charge < -0.3 is 19.9 Å². The lowest BCUT2D eigenvalue weighted by molar-refractivity contribution is -0.132. The number of benzene rings is 1. The minimum Gasteiger partial charge on any atom is -0.477 e. The summed E-state index contributed by atoms with van der Waals surface area (Å²) in [6.07, 6.45) is 2.40. The van der Waals surface area contributed by atoms with E-state index < -0.39 is 18.2 Å². The Morgan fingerprint density at radius 3 is 2.88 bits per heavy atom. The van der Waals surface area contributed by atoms with Gasteiger partial charge in [0, 0.05) is 13.1 Å². The summed E-state index contributed by atoms with van der Waals surface area (Å²) in [5.74, 6) is -1.07. The molecule has 1 saturated heterocycles. The third kappa shape index (κ3) is 5.57. The van der Waals surface area contributed by atoms with E-state index >= 15 is 0 Å². The van der Waals surface area contributed by atoms with Crippen molar-refractivity contribution >= 4 is 35.1 Å². The summed E-state index contributed by atoms with van der Waals surface area (Å²) < 4.78 is 11.9. The lowest BCUT2D eigenvalue weighted by atomic mass is 10.0. The molecule has 1 aromatic carbocycles. The number of nitrogens with zero attached hydrogens (tertiary/aromatic N) is 1. The number of aliphatic carboxylic acids is 1. The first-order valence-electron chi connectivity index (χ1n) is 8.00. The van der Waals surface area contributed by atoms with Crippen LogP contribution in [0.2, 0.25) is 10.0 Å². The second-order valence-corrected chi connectivity index (χ2v) is 6.34. The number of rotatable bonds is 5. The molecule has 0 saturated carbocycles. The highest BCUT2D eigenvalue weighted by Gasteiger charge is 2.29. The summed E-state index contributed by atoms with van der Waals surface area (Å²) in [5.41, 5.74) is 0.497. The van der Waals surface area contributed by atoms with Gasteiger partial charge in [0.1, 0.15) is 17.9 Å². The molecule has 0 bridgehead atoms. The van der Waals surface area contributed by atoms with Crippen LogP contribution in [0.1, 0.15) is 18.6 Å². The van der Waals surface area contributed by atoms with Crippen molar-refractivity contribution in [3.8, 4) is 0 Å². The molecule has 8 heteroatoms. The average Bonchev–Trinajstić information content (AvgIpc) is 2.83. The number of carboxylic acids is 1. The van der Waals surface area contributed by atoms with Gasteiger partial charge in [0.2, 0.25) is 5.90 Å². The van der Waals surface area contributed by atoms with Crippen molar-refractivity contribution in [2.75, 3.05) is 19.7 Å². The van der Waals surface area contributed by atoms with Gasteiger partial charge in [-0.3, -0.25) is 0 Å². The molecule has 2 rings (SSSR count). The Hall–Kier alpha value is -1.86. The molecule has 1 aliphatic heterocycles. The summed E-state index contributed by atoms with van der Waals surface area (Å²) in [6, 6.07) is 5.26. The zero-order valence-corrected chi connectivity index (χ0v) is 15.8. The minimum atomic E-state index is -1.22. The van der Waals surface area contributed by atoms with Crippen molar-refractivity contribution < 1.29 is 19.4 Å². The van der Waals surface area contributed by atoms with E-state index in [0.29, 0.717) is 29.7 Å². The van der Waals surface area contributed by atoms with Crippen molar-refractivity contribution in [3.63, 3.8) is 0 Å². The monoisotopic (exact) mass is 398 g/mol. The highest BCUT2D eigenvalue weighted by atomic mass is 35.5. The first-order chi connectivity index (χ1) is 12.4. The largest absolute Gasteiger partial charge is 0.477 e. The zero-order valence-electron chi connectivity index (χ0n) is 14.2. The number of carbonyl (C=O) groups is 1. The topological polar surface area (TPSA) is 80.1 Å². The summed E-state index contributed by atoms with van der Waals surface area (Å²) in [5, 5.41) is 13.1. The number of halogens is 2. The molecule has 0 aromatic heterocycles. The molecular weight excluding hydrogens is 379 g/mol. The van der Waals surface area contributed by atoms with Crippen LogP contribution in [-0.4, -0.2) is 42.8 Å². The van der Waals surface area contributed by atoms with Crippen LogP contribution < -0.4 is 5.32 Å². The van der Waals surface area contributed by atoms with Gasteiger partial charge in [0.25, 0.3) is 0 Å². The Kier molecular flexibility index (Phi) is 7.66. The van der Waals surface area contributed by atoms with E-state index in [1.165, 1.54) is 0 Å². The minimum absolute atomic E-state index is 0.141.